The van der Waals surface area contributed by atoms with Crippen LogP contribution in [0.2, 0.25) is 0 Å². The smallest absolute Gasteiger partial charge is 0.328 e. The predicted octanol–water partition coefficient (Wildman–Crippen LogP) is 0.444. The van der Waals surface area contributed by atoms with Crippen LogP contribution in [0.5, 0.6) is 0 Å². The summed E-state index contributed by atoms with van der Waals surface area (Å²) in [6, 6.07) is 4.60. The fourth-order valence-electron chi connectivity index (χ4n) is 1.65. The van der Waals surface area contributed by atoms with Crippen LogP contribution in [0.15, 0.2) is 36.9 Å². The zero-order valence-corrected chi connectivity index (χ0v) is 13.3. The Kier molecular flexibility index (Phi) is 6.73. The number of carboxylic acid groups (broad SMARTS) is 1. The van der Waals surface area contributed by atoms with Gasteiger partial charge in [0.2, 0.25) is 10.0 Å². The molecule has 0 aromatic heterocycles. The molecule has 3 N–H and O–H groups in total. The molecule has 1 unspecified atom stereocenters. The van der Waals surface area contributed by atoms with E-state index in [0.717, 1.165) is 6.26 Å². The van der Waals surface area contributed by atoms with Crippen LogP contribution in [0.25, 0.3) is 0 Å². The van der Waals surface area contributed by atoms with Gasteiger partial charge in [0, 0.05) is 0 Å². The van der Waals surface area contributed by atoms with Gasteiger partial charge >= 0.3 is 5.97 Å². The molecule has 23 heavy (non-hydrogen) atoms. The first-order valence-corrected chi connectivity index (χ1v) is 8.43. The third-order valence-electron chi connectivity index (χ3n) is 2.59. The minimum Gasteiger partial charge on any atom is -0.480 e. The highest BCUT2D eigenvalue weighted by Crippen LogP contribution is 2.16. The van der Waals surface area contributed by atoms with E-state index in [-0.39, 0.29) is 24.5 Å². The molecule has 0 heterocycles. The number of rotatable bonds is 9. The number of carbonyl (C=O) groups excluding carboxylic acids is 1. The second kappa shape index (κ2) is 8.30. The van der Waals surface area contributed by atoms with Gasteiger partial charge in [0.1, 0.15) is 0 Å². The molecule has 0 bridgehead atoms. The molecular weight excluding hydrogens is 324 g/mol. The van der Waals surface area contributed by atoms with Gasteiger partial charge in [-0.3, -0.25) is 9.52 Å². The Morgan fingerprint density at radius 2 is 2.04 bits per heavy atom. The van der Waals surface area contributed by atoms with Crippen LogP contribution in [0.3, 0.4) is 0 Å². The summed E-state index contributed by atoms with van der Waals surface area (Å²) in [6.45, 7) is 3.34. The Hall–Kier alpha value is -2.39. The summed E-state index contributed by atoms with van der Waals surface area (Å²) in [5.41, 5.74) is 0.0662. The summed E-state index contributed by atoms with van der Waals surface area (Å²) in [6.07, 6.45) is 2.40. The van der Waals surface area contributed by atoms with Gasteiger partial charge in [-0.2, -0.15) is 0 Å². The Labute approximate surface area is 134 Å². The largest absolute Gasteiger partial charge is 0.480 e. The number of anilines is 1. The van der Waals surface area contributed by atoms with Crippen LogP contribution in [0.4, 0.5) is 5.69 Å². The fourth-order valence-corrected chi connectivity index (χ4v) is 2.23. The average molecular weight is 342 g/mol. The number of amides is 1. The van der Waals surface area contributed by atoms with Crippen molar-refractivity contribution in [2.45, 2.75) is 6.04 Å². The van der Waals surface area contributed by atoms with Crippen molar-refractivity contribution in [3.8, 4) is 0 Å². The number of carboxylic acids is 1. The summed E-state index contributed by atoms with van der Waals surface area (Å²) < 4.78 is 29.9. The topological polar surface area (TPSA) is 122 Å². The van der Waals surface area contributed by atoms with Crippen LogP contribution in [-0.4, -0.2) is 50.9 Å². The highest BCUT2D eigenvalue weighted by Gasteiger charge is 2.22. The number of hydrogen-bond acceptors (Lipinski definition) is 5. The standard InChI is InChI=1S/C14H18N2O6S/c1-3-8-22-9-12(14(18)19)15-13(17)10-6-4-5-7-11(10)16-23(2,20)21/h3-7,12,16H,1,8-9H2,2H3,(H,15,17)(H,18,19). The summed E-state index contributed by atoms with van der Waals surface area (Å²) >= 11 is 0. The number of aliphatic carboxylic acids is 1. The molecule has 8 nitrogen and oxygen atoms in total. The normalized spacial score (nSPS) is 12.2. The van der Waals surface area contributed by atoms with E-state index >= 15 is 0 Å². The van der Waals surface area contributed by atoms with Gasteiger partial charge in [-0.15, -0.1) is 6.58 Å². The number of benzene rings is 1. The van der Waals surface area contributed by atoms with Crippen LogP contribution < -0.4 is 10.0 Å². The first-order valence-electron chi connectivity index (χ1n) is 6.53. The van der Waals surface area contributed by atoms with Gasteiger partial charge in [0.15, 0.2) is 6.04 Å². The number of sulfonamides is 1. The second-order valence-corrected chi connectivity index (χ2v) is 6.36. The van der Waals surface area contributed by atoms with Gasteiger partial charge in [-0.05, 0) is 12.1 Å². The van der Waals surface area contributed by atoms with Crippen LogP contribution in [0, 0.1) is 0 Å². The first kappa shape index (κ1) is 18.7. The maximum atomic E-state index is 12.2. The van der Waals surface area contributed by atoms with Crippen LogP contribution in [-0.2, 0) is 19.6 Å². The van der Waals surface area contributed by atoms with Gasteiger partial charge in [0.05, 0.1) is 30.7 Å². The minimum atomic E-state index is -3.58. The quantitative estimate of drug-likeness (QED) is 0.442. The van der Waals surface area contributed by atoms with E-state index in [2.05, 4.69) is 16.6 Å². The molecule has 0 fully saturated rings. The lowest BCUT2D eigenvalue weighted by molar-refractivity contribution is -0.140. The molecule has 0 aliphatic carbocycles. The van der Waals surface area contributed by atoms with E-state index in [9.17, 15) is 18.0 Å². The van der Waals surface area contributed by atoms with Crippen molar-refractivity contribution in [2.75, 3.05) is 24.2 Å². The summed E-state index contributed by atoms with van der Waals surface area (Å²) in [7, 11) is -3.58. The van der Waals surface area contributed by atoms with E-state index < -0.39 is 27.9 Å². The summed E-state index contributed by atoms with van der Waals surface area (Å²) in [5, 5.41) is 11.4. The molecule has 1 atom stereocenters. The lowest BCUT2D eigenvalue weighted by atomic mass is 10.1. The molecule has 0 saturated heterocycles. The Morgan fingerprint density at radius 1 is 1.39 bits per heavy atom. The van der Waals surface area contributed by atoms with Gasteiger partial charge in [0.25, 0.3) is 5.91 Å². The minimum absolute atomic E-state index is 0.00731. The Balaban J connectivity index is 2.91. The molecule has 1 aromatic carbocycles. The van der Waals surface area contributed by atoms with Crippen molar-refractivity contribution < 1.29 is 27.9 Å². The molecule has 1 aromatic rings. The number of hydrogen-bond donors (Lipinski definition) is 3. The highest BCUT2D eigenvalue weighted by molar-refractivity contribution is 7.92. The SMILES string of the molecule is C=CCOCC(NC(=O)c1ccccc1NS(C)(=O)=O)C(=O)O. The van der Waals surface area contributed by atoms with E-state index in [0.29, 0.717) is 0 Å². The molecule has 0 saturated carbocycles. The number of carbonyl (C=O) groups is 2. The number of nitrogens with one attached hydrogen (secondary N) is 2. The summed E-state index contributed by atoms with van der Waals surface area (Å²) in [5.74, 6) is -2.00. The first-order chi connectivity index (χ1) is 10.7. The zero-order valence-electron chi connectivity index (χ0n) is 12.5. The van der Waals surface area contributed by atoms with Crippen molar-refractivity contribution in [1.82, 2.24) is 5.32 Å². The maximum Gasteiger partial charge on any atom is 0.328 e. The van der Waals surface area contributed by atoms with Crippen molar-refractivity contribution in [1.29, 1.82) is 0 Å². The van der Waals surface area contributed by atoms with Crippen molar-refractivity contribution in [2.24, 2.45) is 0 Å². The van der Waals surface area contributed by atoms with E-state index in [1.807, 2.05) is 0 Å². The van der Waals surface area contributed by atoms with Crippen LogP contribution >= 0.6 is 0 Å². The molecule has 0 spiro atoms. The molecule has 126 valence electrons. The molecule has 9 heteroatoms. The molecule has 0 aliphatic heterocycles. The highest BCUT2D eigenvalue weighted by atomic mass is 32.2. The van der Waals surface area contributed by atoms with Crippen LogP contribution in [0.1, 0.15) is 10.4 Å². The molecule has 1 rings (SSSR count). The molecule has 0 aliphatic rings. The second-order valence-electron chi connectivity index (χ2n) is 4.61. The van der Waals surface area contributed by atoms with Crippen molar-refractivity contribution in [3.05, 3.63) is 42.5 Å². The maximum absolute atomic E-state index is 12.2. The Bertz CT molecular complexity index is 686. The fraction of sp³-hybridized carbons (Fsp3) is 0.286. The van der Waals surface area contributed by atoms with Crippen molar-refractivity contribution in [3.63, 3.8) is 0 Å². The van der Waals surface area contributed by atoms with Gasteiger partial charge < -0.3 is 15.2 Å². The number of para-hydroxylation sites is 1. The average Bonchev–Trinajstić information content (AvgIpc) is 2.45. The monoisotopic (exact) mass is 342 g/mol. The zero-order chi connectivity index (χ0) is 17.5. The van der Waals surface area contributed by atoms with Gasteiger partial charge in [-0.1, -0.05) is 18.2 Å². The van der Waals surface area contributed by atoms with E-state index in [1.54, 1.807) is 6.07 Å². The van der Waals surface area contributed by atoms with E-state index in [1.165, 1.54) is 24.3 Å². The molecule has 1 amide bonds. The molecule has 0 radical (unpaired) electrons. The predicted molar refractivity (Wildman–Crippen MR) is 84.8 cm³/mol. The van der Waals surface area contributed by atoms with E-state index in [4.69, 9.17) is 9.84 Å². The lowest BCUT2D eigenvalue weighted by Gasteiger charge is -2.16. The molecular formula is C14H18N2O6S. The third kappa shape index (κ3) is 6.49. The lowest BCUT2D eigenvalue weighted by Crippen LogP contribution is -2.44. The van der Waals surface area contributed by atoms with Gasteiger partial charge in [-0.25, -0.2) is 13.2 Å². The van der Waals surface area contributed by atoms with Crippen molar-refractivity contribution >= 4 is 27.6 Å². The summed E-state index contributed by atoms with van der Waals surface area (Å²) in [4.78, 5) is 23.4. The Morgan fingerprint density at radius 3 is 2.61 bits per heavy atom. The number of ether oxygens (including phenoxy) is 1. The third-order valence-corrected chi connectivity index (χ3v) is 3.18.